The molecule has 1 rings (SSSR count). The van der Waals surface area contributed by atoms with Crippen LogP contribution >= 0.6 is 0 Å². The lowest BCUT2D eigenvalue weighted by Crippen LogP contribution is -2.57. The van der Waals surface area contributed by atoms with Gasteiger partial charge >= 0.3 is 6.18 Å². The van der Waals surface area contributed by atoms with Gasteiger partial charge in [0.2, 0.25) is 0 Å². The molecule has 0 spiro atoms. The third-order valence-corrected chi connectivity index (χ3v) is 9.17. The first-order valence-corrected chi connectivity index (χ1v) is 9.56. The molecule has 0 heterocycles. The highest BCUT2D eigenvalue weighted by molar-refractivity contribution is 6.73. The summed E-state index contributed by atoms with van der Waals surface area (Å²) in [6.45, 7) is 5.74. The summed E-state index contributed by atoms with van der Waals surface area (Å²) in [6, 6.07) is 2.06. The Kier molecular flexibility index (Phi) is 5.23. The zero-order chi connectivity index (χ0) is 14.7. The lowest BCUT2D eigenvalue weighted by molar-refractivity contribution is -0.260. The molecular weight excluding hydrogens is 273 g/mol. The second-order valence-electron chi connectivity index (χ2n) is 5.38. The zero-order valence-electron chi connectivity index (χ0n) is 11.9. The van der Waals surface area contributed by atoms with Crippen LogP contribution in [0.5, 0.6) is 0 Å². The summed E-state index contributed by atoms with van der Waals surface area (Å²) >= 11 is 0. The van der Waals surface area contributed by atoms with Crippen molar-refractivity contribution in [1.29, 1.82) is 0 Å². The number of alkyl halides is 3. The van der Waals surface area contributed by atoms with Crippen molar-refractivity contribution in [2.75, 3.05) is 0 Å². The smallest absolute Gasteiger partial charge is 0.403 e. The van der Waals surface area contributed by atoms with E-state index in [4.69, 9.17) is 4.43 Å². The highest BCUT2D eigenvalue weighted by Crippen LogP contribution is 2.46. The van der Waals surface area contributed by atoms with Crippen molar-refractivity contribution in [1.82, 2.24) is 0 Å². The summed E-state index contributed by atoms with van der Waals surface area (Å²) < 4.78 is 46.1. The van der Waals surface area contributed by atoms with Crippen LogP contribution in [0.1, 0.15) is 46.5 Å². The summed E-state index contributed by atoms with van der Waals surface area (Å²) in [5.74, 6) is -0.0831. The van der Waals surface area contributed by atoms with E-state index in [2.05, 4.69) is 0 Å². The van der Waals surface area contributed by atoms with E-state index in [-0.39, 0.29) is 31.5 Å². The van der Waals surface area contributed by atoms with Crippen molar-refractivity contribution >= 4 is 14.1 Å². The molecule has 0 aromatic rings. The molecular formula is C13H23F3O2Si. The Morgan fingerprint density at radius 2 is 1.53 bits per heavy atom. The van der Waals surface area contributed by atoms with Crippen molar-refractivity contribution in [2.45, 2.75) is 76.4 Å². The first-order chi connectivity index (χ1) is 8.74. The highest BCUT2D eigenvalue weighted by atomic mass is 28.4. The van der Waals surface area contributed by atoms with E-state index in [0.29, 0.717) is 18.1 Å². The molecule has 1 saturated carbocycles. The van der Waals surface area contributed by atoms with Crippen LogP contribution in [0.15, 0.2) is 0 Å². The monoisotopic (exact) mass is 296 g/mol. The summed E-state index contributed by atoms with van der Waals surface area (Å²) in [7, 11) is -2.34. The number of carbonyl (C=O) groups is 1. The van der Waals surface area contributed by atoms with Crippen molar-refractivity contribution < 1.29 is 22.4 Å². The fourth-order valence-electron chi connectivity index (χ4n) is 2.76. The molecule has 0 unspecified atom stereocenters. The molecule has 0 aromatic heterocycles. The van der Waals surface area contributed by atoms with E-state index in [0.717, 1.165) is 0 Å². The number of carbonyl (C=O) groups excluding carboxylic acids is 1. The number of halogens is 3. The van der Waals surface area contributed by atoms with Crippen LogP contribution in [0.2, 0.25) is 18.1 Å². The van der Waals surface area contributed by atoms with Crippen LogP contribution in [-0.2, 0) is 9.22 Å². The normalized spacial score (nSPS) is 20.6. The molecule has 0 atom stereocenters. The molecule has 0 aromatic carbocycles. The minimum absolute atomic E-state index is 0.0128. The van der Waals surface area contributed by atoms with Crippen LogP contribution in [0.3, 0.4) is 0 Å². The molecule has 1 aliphatic rings. The average Bonchev–Trinajstić information content (AvgIpc) is 2.37. The number of ketones is 1. The van der Waals surface area contributed by atoms with Gasteiger partial charge in [0.15, 0.2) is 13.9 Å². The van der Waals surface area contributed by atoms with Gasteiger partial charge in [0, 0.05) is 12.8 Å². The van der Waals surface area contributed by atoms with E-state index in [1.165, 1.54) is 0 Å². The zero-order valence-corrected chi connectivity index (χ0v) is 12.9. The lowest BCUT2D eigenvalue weighted by Gasteiger charge is -2.45. The summed E-state index contributed by atoms with van der Waals surface area (Å²) in [6.07, 6.45) is -4.82. The van der Waals surface area contributed by atoms with Crippen molar-refractivity contribution in [3.63, 3.8) is 0 Å². The van der Waals surface area contributed by atoms with Gasteiger partial charge in [-0.1, -0.05) is 20.8 Å². The second-order valence-corrected chi connectivity index (χ2v) is 10.1. The summed E-state index contributed by atoms with van der Waals surface area (Å²) in [5.41, 5.74) is -2.07. The maximum atomic E-state index is 13.4. The first kappa shape index (κ1) is 16.7. The third-order valence-electron chi connectivity index (χ3n) is 4.48. The number of hydrogen-bond acceptors (Lipinski definition) is 2. The topological polar surface area (TPSA) is 26.3 Å². The fourth-order valence-corrected chi connectivity index (χ4v) is 5.84. The van der Waals surface area contributed by atoms with Gasteiger partial charge in [-0.15, -0.1) is 0 Å². The quantitative estimate of drug-likeness (QED) is 0.700. The van der Waals surface area contributed by atoms with Gasteiger partial charge in [-0.2, -0.15) is 13.2 Å². The van der Waals surface area contributed by atoms with Gasteiger partial charge in [0.25, 0.3) is 0 Å². The van der Waals surface area contributed by atoms with Crippen molar-refractivity contribution in [3.05, 3.63) is 0 Å². The first-order valence-electron chi connectivity index (χ1n) is 7.03. The van der Waals surface area contributed by atoms with Crippen molar-refractivity contribution in [3.8, 4) is 0 Å². The fraction of sp³-hybridized carbons (Fsp3) is 0.923. The maximum Gasteiger partial charge on any atom is 0.416 e. The van der Waals surface area contributed by atoms with Crippen molar-refractivity contribution in [2.24, 2.45) is 0 Å². The Balaban J connectivity index is 3.02. The van der Waals surface area contributed by atoms with Gasteiger partial charge in [0.1, 0.15) is 5.78 Å². The predicted octanol–water partition coefficient (Wildman–Crippen LogP) is 4.45. The van der Waals surface area contributed by atoms with Crippen LogP contribution in [0.25, 0.3) is 0 Å². The third kappa shape index (κ3) is 3.40. The van der Waals surface area contributed by atoms with Gasteiger partial charge < -0.3 is 4.43 Å². The van der Waals surface area contributed by atoms with Gasteiger partial charge in [-0.05, 0) is 31.0 Å². The number of Topliss-reactive ketones (excluding diaryl/α,β-unsaturated/α-hetero) is 1. The molecule has 112 valence electrons. The predicted molar refractivity (Wildman–Crippen MR) is 70.5 cm³/mol. The SMILES string of the molecule is CC[Si](CC)(CC)OC1(C(F)(F)F)CCC(=O)CC1. The Bertz CT molecular complexity index is 306. The van der Waals surface area contributed by atoms with Gasteiger partial charge in [-0.3, -0.25) is 4.79 Å². The van der Waals surface area contributed by atoms with Crippen LogP contribution < -0.4 is 0 Å². The Labute approximate surface area is 113 Å². The number of rotatable bonds is 5. The molecule has 6 heteroatoms. The molecule has 0 bridgehead atoms. The molecule has 0 saturated heterocycles. The van der Waals surface area contributed by atoms with E-state index in [1.54, 1.807) is 0 Å². The molecule has 0 aliphatic heterocycles. The highest BCUT2D eigenvalue weighted by Gasteiger charge is 2.59. The van der Waals surface area contributed by atoms with E-state index >= 15 is 0 Å². The van der Waals surface area contributed by atoms with Gasteiger partial charge in [-0.25, -0.2) is 0 Å². The summed E-state index contributed by atoms with van der Waals surface area (Å²) in [4.78, 5) is 11.2. The largest absolute Gasteiger partial charge is 0.416 e. The molecule has 0 amide bonds. The molecule has 1 fully saturated rings. The lowest BCUT2D eigenvalue weighted by atomic mass is 9.84. The Morgan fingerprint density at radius 1 is 1.11 bits per heavy atom. The Hall–Kier alpha value is -0.363. The molecule has 19 heavy (non-hydrogen) atoms. The number of hydrogen-bond donors (Lipinski definition) is 0. The van der Waals surface area contributed by atoms with Crippen LogP contribution in [-0.4, -0.2) is 25.9 Å². The summed E-state index contributed by atoms with van der Waals surface area (Å²) in [5, 5.41) is 0. The molecule has 0 radical (unpaired) electrons. The maximum absolute atomic E-state index is 13.4. The van der Waals surface area contributed by atoms with Gasteiger partial charge in [0.05, 0.1) is 0 Å². The minimum atomic E-state index is -4.38. The van der Waals surface area contributed by atoms with Crippen LogP contribution in [0, 0.1) is 0 Å². The second kappa shape index (κ2) is 5.95. The molecule has 0 N–H and O–H groups in total. The standard InChI is InChI=1S/C13H23F3O2Si/c1-4-19(5-2,6-3)18-12(13(14,15)16)9-7-11(17)8-10-12/h4-10H2,1-3H3. The van der Waals surface area contributed by atoms with E-state index < -0.39 is 20.1 Å². The average molecular weight is 296 g/mol. The van der Waals surface area contributed by atoms with Crippen LogP contribution in [0.4, 0.5) is 13.2 Å². The Morgan fingerprint density at radius 3 is 1.84 bits per heavy atom. The molecule has 2 nitrogen and oxygen atoms in total. The minimum Gasteiger partial charge on any atom is -0.403 e. The molecule has 1 aliphatic carbocycles. The van der Waals surface area contributed by atoms with E-state index in [9.17, 15) is 18.0 Å². The van der Waals surface area contributed by atoms with E-state index in [1.807, 2.05) is 20.8 Å².